The van der Waals surface area contributed by atoms with Gasteiger partial charge in [-0.15, -0.1) is 0 Å². The molecule has 0 aliphatic carbocycles. The number of hydrogen-bond acceptors (Lipinski definition) is 2. The summed E-state index contributed by atoms with van der Waals surface area (Å²) in [6, 6.07) is 7.54. The average molecular weight is 425 g/mol. The van der Waals surface area contributed by atoms with Gasteiger partial charge in [-0.3, -0.25) is 0 Å². The molecule has 2 nitrogen and oxygen atoms in total. The lowest BCUT2D eigenvalue weighted by atomic mass is 9.63. The lowest BCUT2D eigenvalue weighted by Gasteiger charge is -2.41. The van der Waals surface area contributed by atoms with Gasteiger partial charge in [0.25, 0.3) is 0 Å². The molecule has 0 atom stereocenters. The zero-order valence-electron chi connectivity index (χ0n) is 21.9. The van der Waals surface area contributed by atoms with Gasteiger partial charge in [0.1, 0.15) is 11.5 Å². The second-order valence-electron chi connectivity index (χ2n) is 13.2. The van der Waals surface area contributed by atoms with E-state index in [9.17, 15) is 10.2 Å². The molecule has 0 aliphatic rings. The fraction of sp³-hybridized carbons (Fsp3) is 0.586. The van der Waals surface area contributed by atoms with Crippen molar-refractivity contribution in [3.05, 3.63) is 57.6 Å². The van der Waals surface area contributed by atoms with Crippen LogP contribution in [-0.4, -0.2) is 10.2 Å². The Morgan fingerprint density at radius 3 is 1.13 bits per heavy atom. The quantitative estimate of drug-likeness (QED) is 0.515. The minimum atomic E-state index is -0.202. The van der Waals surface area contributed by atoms with E-state index in [0.29, 0.717) is 5.75 Å². The molecule has 0 aromatic heterocycles. The number of phenols is 2. The van der Waals surface area contributed by atoms with Gasteiger partial charge in [0.2, 0.25) is 0 Å². The first-order chi connectivity index (χ1) is 13.8. The van der Waals surface area contributed by atoms with Crippen LogP contribution in [0.1, 0.15) is 116 Å². The summed E-state index contributed by atoms with van der Waals surface area (Å²) in [5.74, 6) is 0.747. The highest BCUT2D eigenvalue weighted by Crippen LogP contribution is 2.51. The molecule has 2 rings (SSSR count). The Hall–Kier alpha value is -1.96. The second kappa shape index (κ2) is 7.87. The smallest absolute Gasteiger partial charge is 0.123 e. The van der Waals surface area contributed by atoms with E-state index >= 15 is 0 Å². The summed E-state index contributed by atoms with van der Waals surface area (Å²) < 4.78 is 0. The SMILES string of the molecule is CC(C)(C)c1c(O)c(C(C)(C)C)c(C(C)(C)C)c(Cc2ccc(O)cc2)c1C(C)(C)C. The summed E-state index contributed by atoms with van der Waals surface area (Å²) in [6.07, 6.45) is 0.770. The molecule has 31 heavy (non-hydrogen) atoms. The van der Waals surface area contributed by atoms with Crippen LogP contribution in [0.25, 0.3) is 0 Å². The molecule has 2 aromatic carbocycles. The maximum atomic E-state index is 11.8. The predicted octanol–water partition coefficient (Wildman–Crippen LogP) is 7.88. The van der Waals surface area contributed by atoms with Gasteiger partial charge >= 0.3 is 0 Å². The van der Waals surface area contributed by atoms with Crippen molar-refractivity contribution in [2.75, 3.05) is 0 Å². The van der Waals surface area contributed by atoms with Crippen LogP contribution in [0.4, 0.5) is 0 Å². The van der Waals surface area contributed by atoms with E-state index in [1.54, 1.807) is 12.1 Å². The van der Waals surface area contributed by atoms with E-state index < -0.39 is 0 Å². The van der Waals surface area contributed by atoms with Gasteiger partial charge in [-0.2, -0.15) is 0 Å². The predicted molar refractivity (Wildman–Crippen MR) is 134 cm³/mol. The Balaban J connectivity index is 3.16. The molecule has 2 heteroatoms. The van der Waals surface area contributed by atoms with Gasteiger partial charge in [0, 0.05) is 11.1 Å². The Kier molecular flexibility index (Phi) is 6.42. The van der Waals surface area contributed by atoms with Gasteiger partial charge in [0.15, 0.2) is 0 Å². The summed E-state index contributed by atoms with van der Waals surface area (Å²) in [5.41, 5.74) is 6.44. The summed E-state index contributed by atoms with van der Waals surface area (Å²) >= 11 is 0. The molecule has 0 spiro atoms. The maximum Gasteiger partial charge on any atom is 0.123 e. The average Bonchev–Trinajstić information content (AvgIpc) is 2.53. The van der Waals surface area contributed by atoms with Crippen molar-refractivity contribution in [3.8, 4) is 11.5 Å². The van der Waals surface area contributed by atoms with E-state index in [1.807, 2.05) is 12.1 Å². The summed E-state index contributed by atoms with van der Waals surface area (Å²) in [6.45, 7) is 26.7. The Labute approximate surface area is 190 Å². The topological polar surface area (TPSA) is 40.5 Å². The lowest BCUT2D eigenvalue weighted by Crippen LogP contribution is -2.32. The fourth-order valence-electron chi connectivity index (χ4n) is 4.90. The number of phenolic OH excluding ortho intramolecular Hbond substituents is 2. The van der Waals surface area contributed by atoms with Crippen LogP contribution in [-0.2, 0) is 28.1 Å². The summed E-state index contributed by atoms with van der Waals surface area (Å²) in [4.78, 5) is 0. The summed E-state index contributed by atoms with van der Waals surface area (Å²) in [5, 5.41) is 21.6. The molecule has 2 N–H and O–H groups in total. The minimum Gasteiger partial charge on any atom is -0.508 e. The first-order valence-corrected chi connectivity index (χ1v) is 11.5. The molecule has 2 aromatic rings. The Morgan fingerprint density at radius 1 is 0.516 bits per heavy atom. The molecule has 0 saturated heterocycles. The Morgan fingerprint density at radius 2 is 0.839 bits per heavy atom. The molecule has 0 saturated carbocycles. The highest BCUT2D eigenvalue weighted by Gasteiger charge is 2.39. The van der Waals surface area contributed by atoms with Crippen LogP contribution in [0.15, 0.2) is 24.3 Å². The standard InChI is InChI=1S/C29H44O2/c1-26(2,3)21-20(17-18-13-15-19(30)16-14-18)22(27(4,5)6)24(29(10,11)12)25(31)23(21)28(7,8)9/h13-16,30-31H,17H2,1-12H3. The van der Waals surface area contributed by atoms with E-state index in [2.05, 4.69) is 83.1 Å². The molecular formula is C29H44O2. The number of aromatic hydroxyl groups is 2. The third kappa shape index (κ3) is 5.27. The zero-order valence-corrected chi connectivity index (χ0v) is 21.9. The number of benzene rings is 2. The second-order valence-corrected chi connectivity index (χ2v) is 13.2. The van der Waals surface area contributed by atoms with Gasteiger partial charge in [0.05, 0.1) is 0 Å². The van der Waals surface area contributed by atoms with Gasteiger partial charge < -0.3 is 10.2 Å². The maximum absolute atomic E-state index is 11.8. The van der Waals surface area contributed by atoms with Gasteiger partial charge in [-0.1, -0.05) is 95.2 Å². The lowest BCUT2D eigenvalue weighted by molar-refractivity contribution is 0.403. The van der Waals surface area contributed by atoms with Crippen molar-refractivity contribution in [1.29, 1.82) is 0 Å². The van der Waals surface area contributed by atoms with Crippen molar-refractivity contribution in [3.63, 3.8) is 0 Å². The van der Waals surface area contributed by atoms with E-state index in [4.69, 9.17) is 0 Å². The molecule has 172 valence electrons. The first kappa shape index (κ1) is 25.3. The number of rotatable bonds is 2. The monoisotopic (exact) mass is 424 g/mol. The van der Waals surface area contributed by atoms with Crippen LogP contribution in [0.5, 0.6) is 11.5 Å². The zero-order chi connectivity index (χ0) is 24.2. The molecule has 0 fully saturated rings. The molecule has 0 aliphatic heterocycles. The third-order valence-corrected chi connectivity index (χ3v) is 5.89. The molecule has 0 amide bonds. The van der Waals surface area contributed by atoms with E-state index in [-0.39, 0.29) is 27.4 Å². The Bertz CT molecular complexity index is 882. The summed E-state index contributed by atoms with van der Waals surface area (Å²) in [7, 11) is 0. The fourth-order valence-corrected chi connectivity index (χ4v) is 4.90. The molecule has 0 radical (unpaired) electrons. The molecular weight excluding hydrogens is 380 g/mol. The highest BCUT2D eigenvalue weighted by molar-refractivity contribution is 5.64. The molecule has 0 heterocycles. The normalized spacial score (nSPS) is 13.5. The van der Waals surface area contributed by atoms with Crippen LogP contribution in [0, 0.1) is 0 Å². The highest BCUT2D eigenvalue weighted by atomic mass is 16.3. The van der Waals surface area contributed by atoms with Gasteiger partial charge in [-0.05, 0) is 62.5 Å². The van der Waals surface area contributed by atoms with Crippen molar-refractivity contribution >= 4 is 0 Å². The third-order valence-electron chi connectivity index (χ3n) is 5.89. The van der Waals surface area contributed by atoms with E-state index in [0.717, 1.165) is 17.5 Å². The van der Waals surface area contributed by atoms with Crippen molar-refractivity contribution in [2.45, 2.75) is 111 Å². The number of hydrogen-bond donors (Lipinski definition) is 2. The van der Waals surface area contributed by atoms with Crippen LogP contribution in [0.3, 0.4) is 0 Å². The molecule has 0 unspecified atom stereocenters. The van der Waals surface area contributed by atoms with Crippen molar-refractivity contribution in [1.82, 2.24) is 0 Å². The minimum absolute atomic E-state index is 0.136. The van der Waals surface area contributed by atoms with Crippen LogP contribution in [0.2, 0.25) is 0 Å². The van der Waals surface area contributed by atoms with Crippen LogP contribution >= 0.6 is 0 Å². The van der Waals surface area contributed by atoms with Gasteiger partial charge in [-0.25, -0.2) is 0 Å². The molecule has 0 bridgehead atoms. The van der Waals surface area contributed by atoms with Crippen LogP contribution < -0.4 is 0 Å². The largest absolute Gasteiger partial charge is 0.508 e. The van der Waals surface area contributed by atoms with E-state index in [1.165, 1.54) is 22.3 Å². The first-order valence-electron chi connectivity index (χ1n) is 11.5. The van der Waals surface area contributed by atoms with Crippen molar-refractivity contribution < 1.29 is 10.2 Å². The van der Waals surface area contributed by atoms with Crippen molar-refractivity contribution in [2.24, 2.45) is 0 Å².